The summed E-state index contributed by atoms with van der Waals surface area (Å²) in [5.74, 6) is 1.94. The van der Waals surface area contributed by atoms with Crippen molar-refractivity contribution in [2.24, 2.45) is 4.99 Å². The third-order valence-electron chi connectivity index (χ3n) is 3.58. The number of benzene rings is 1. The lowest BCUT2D eigenvalue weighted by Crippen LogP contribution is -2.40. The minimum absolute atomic E-state index is 0. The van der Waals surface area contributed by atoms with Crippen molar-refractivity contribution in [3.05, 3.63) is 35.9 Å². The second-order valence-corrected chi connectivity index (χ2v) is 6.13. The number of nitrogens with one attached hydrogen (secondary N) is 2. The number of aliphatic imine (C=N–C) groups is 1. The van der Waals surface area contributed by atoms with Gasteiger partial charge in [0.2, 0.25) is 5.91 Å². The average Bonchev–Trinajstić information content (AvgIpc) is 2.62. The summed E-state index contributed by atoms with van der Waals surface area (Å²) >= 11 is 0. The van der Waals surface area contributed by atoms with E-state index in [9.17, 15) is 4.79 Å². The van der Waals surface area contributed by atoms with Crippen LogP contribution < -0.4 is 20.1 Å². The first-order chi connectivity index (χ1) is 12.4. The smallest absolute Gasteiger partial charge is 0.243 e. The molecule has 0 saturated carbocycles. The van der Waals surface area contributed by atoms with E-state index in [0.717, 1.165) is 17.6 Å². The molecule has 0 aromatic heterocycles. The number of amides is 1. The summed E-state index contributed by atoms with van der Waals surface area (Å²) in [5.41, 5.74) is 2.09. The van der Waals surface area contributed by atoms with Gasteiger partial charge in [0.15, 0.2) is 17.5 Å². The molecule has 0 unspecified atom stereocenters. The summed E-state index contributed by atoms with van der Waals surface area (Å²) in [4.78, 5) is 17.6. The average molecular weight is 490 g/mol. The van der Waals surface area contributed by atoms with Crippen molar-refractivity contribution < 1.29 is 14.3 Å². The lowest BCUT2D eigenvalue weighted by atomic mass is 10.1. The zero-order valence-corrected chi connectivity index (χ0v) is 19.1. The van der Waals surface area contributed by atoms with Crippen LogP contribution in [-0.4, -0.2) is 64.7 Å². The standard InChI is InChI=1S/C19H30N4O3.HI/c1-14(2)12-21-19(22-13-18(24)23(3)4)20-10-9-15-7-8-16(25-5)17(11-15)26-6;/h7-8,11H,1,9-10,12-13H2,2-6H3,(H2,20,21,22);1H. The van der Waals surface area contributed by atoms with Gasteiger partial charge in [-0.3, -0.25) is 4.79 Å². The van der Waals surface area contributed by atoms with E-state index < -0.39 is 0 Å². The fraction of sp³-hybridized carbons (Fsp3) is 0.474. The molecule has 2 N–H and O–H groups in total. The molecule has 0 aliphatic heterocycles. The molecule has 0 radical (unpaired) electrons. The Morgan fingerprint density at radius 2 is 1.85 bits per heavy atom. The Morgan fingerprint density at radius 3 is 2.41 bits per heavy atom. The van der Waals surface area contributed by atoms with Gasteiger partial charge in [-0.05, 0) is 31.0 Å². The summed E-state index contributed by atoms with van der Waals surface area (Å²) in [7, 11) is 6.66. The first-order valence-corrected chi connectivity index (χ1v) is 8.45. The highest BCUT2D eigenvalue weighted by Crippen LogP contribution is 2.27. The van der Waals surface area contributed by atoms with E-state index in [-0.39, 0.29) is 36.4 Å². The maximum Gasteiger partial charge on any atom is 0.243 e. The molecule has 7 nitrogen and oxygen atoms in total. The normalized spacial score (nSPS) is 10.5. The number of ether oxygens (including phenoxy) is 2. The van der Waals surface area contributed by atoms with Crippen LogP contribution in [0.2, 0.25) is 0 Å². The number of rotatable bonds is 9. The number of nitrogens with zero attached hydrogens (tertiary/aromatic N) is 2. The molecule has 1 rings (SSSR count). The third kappa shape index (κ3) is 9.50. The number of hydrogen-bond acceptors (Lipinski definition) is 4. The van der Waals surface area contributed by atoms with Crippen molar-refractivity contribution in [2.45, 2.75) is 13.3 Å². The maximum absolute atomic E-state index is 11.7. The quantitative estimate of drug-likeness (QED) is 0.240. The zero-order valence-electron chi connectivity index (χ0n) is 16.8. The van der Waals surface area contributed by atoms with Crippen LogP contribution in [-0.2, 0) is 11.2 Å². The van der Waals surface area contributed by atoms with Crippen molar-refractivity contribution in [3.8, 4) is 11.5 Å². The van der Waals surface area contributed by atoms with Crippen LogP contribution in [0, 0.1) is 0 Å². The van der Waals surface area contributed by atoms with E-state index in [1.807, 2.05) is 25.1 Å². The Hall–Kier alpha value is -1.97. The van der Waals surface area contributed by atoms with Gasteiger partial charge in [0, 0.05) is 27.2 Å². The molecule has 0 fully saturated rings. The van der Waals surface area contributed by atoms with Crippen LogP contribution in [0.5, 0.6) is 11.5 Å². The summed E-state index contributed by atoms with van der Waals surface area (Å²) in [6.45, 7) is 7.15. The molecule has 152 valence electrons. The molecule has 0 bridgehead atoms. The van der Waals surface area contributed by atoms with Gasteiger partial charge < -0.3 is 25.0 Å². The first-order valence-electron chi connectivity index (χ1n) is 8.45. The summed E-state index contributed by atoms with van der Waals surface area (Å²) in [6, 6.07) is 5.84. The molecule has 1 aromatic rings. The maximum atomic E-state index is 11.7. The highest BCUT2D eigenvalue weighted by molar-refractivity contribution is 14.0. The number of hydrogen-bond donors (Lipinski definition) is 2. The summed E-state index contributed by atoms with van der Waals surface area (Å²) in [6.07, 6.45) is 0.774. The van der Waals surface area contributed by atoms with Crippen molar-refractivity contribution in [1.82, 2.24) is 15.5 Å². The fourth-order valence-electron chi connectivity index (χ4n) is 2.06. The van der Waals surface area contributed by atoms with Gasteiger partial charge in [0.1, 0.15) is 6.54 Å². The molecular weight excluding hydrogens is 459 g/mol. The third-order valence-corrected chi connectivity index (χ3v) is 3.58. The highest BCUT2D eigenvalue weighted by atomic mass is 127. The van der Waals surface area contributed by atoms with Crippen molar-refractivity contribution in [3.63, 3.8) is 0 Å². The Balaban J connectivity index is 0.00000676. The number of methoxy groups -OCH3 is 2. The van der Waals surface area contributed by atoms with Gasteiger partial charge in [-0.25, -0.2) is 4.99 Å². The number of likely N-dealkylation sites (N-methyl/N-ethyl adjacent to an activating group) is 1. The Labute approximate surface area is 179 Å². The van der Waals surface area contributed by atoms with Crippen LogP contribution >= 0.6 is 24.0 Å². The van der Waals surface area contributed by atoms with Crippen LogP contribution in [0.1, 0.15) is 12.5 Å². The largest absolute Gasteiger partial charge is 0.493 e. The lowest BCUT2D eigenvalue weighted by molar-refractivity contribution is -0.127. The van der Waals surface area contributed by atoms with E-state index >= 15 is 0 Å². The molecule has 0 aliphatic carbocycles. The van der Waals surface area contributed by atoms with Gasteiger partial charge in [0.25, 0.3) is 0 Å². The van der Waals surface area contributed by atoms with Gasteiger partial charge >= 0.3 is 0 Å². The molecule has 1 amide bonds. The minimum atomic E-state index is -0.0543. The number of carbonyl (C=O) groups is 1. The van der Waals surface area contributed by atoms with Crippen molar-refractivity contribution >= 4 is 35.8 Å². The number of carbonyl (C=O) groups excluding carboxylic acids is 1. The van der Waals surface area contributed by atoms with E-state index in [1.165, 1.54) is 4.90 Å². The lowest BCUT2D eigenvalue weighted by Gasteiger charge is -2.14. The number of guanidine groups is 1. The Morgan fingerprint density at radius 1 is 1.19 bits per heavy atom. The first kappa shape index (κ1) is 25.0. The minimum Gasteiger partial charge on any atom is -0.493 e. The van der Waals surface area contributed by atoms with Crippen LogP contribution in [0.25, 0.3) is 0 Å². The Bertz CT molecular complexity index is 648. The monoisotopic (exact) mass is 490 g/mol. The predicted octanol–water partition coefficient (Wildman–Crippen LogP) is 2.06. The van der Waals surface area contributed by atoms with Crippen LogP contribution in [0.3, 0.4) is 0 Å². The highest BCUT2D eigenvalue weighted by Gasteiger charge is 2.06. The topological polar surface area (TPSA) is 75.2 Å². The molecular formula is C19H31IN4O3. The van der Waals surface area contributed by atoms with E-state index in [2.05, 4.69) is 22.2 Å². The van der Waals surface area contributed by atoms with Crippen molar-refractivity contribution in [2.75, 3.05) is 47.9 Å². The molecule has 27 heavy (non-hydrogen) atoms. The summed E-state index contributed by atoms with van der Waals surface area (Å²) in [5, 5.41) is 6.40. The van der Waals surface area contributed by atoms with E-state index in [4.69, 9.17) is 9.47 Å². The molecule has 0 heterocycles. The van der Waals surface area contributed by atoms with Crippen LogP contribution in [0.4, 0.5) is 0 Å². The number of halogens is 1. The molecule has 8 heteroatoms. The Kier molecular flexibility index (Phi) is 12.3. The molecule has 0 spiro atoms. The second-order valence-electron chi connectivity index (χ2n) is 6.13. The van der Waals surface area contributed by atoms with Crippen LogP contribution in [0.15, 0.2) is 35.3 Å². The molecule has 0 saturated heterocycles. The SMILES string of the molecule is C=C(C)CNC(=NCC(=O)N(C)C)NCCc1ccc(OC)c(OC)c1.I. The van der Waals surface area contributed by atoms with Crippen molar-refractivity contribution in [1.29, 1.82) is 0 Å². The van der Waals surface area contributed by atoms with Gasteiger partial charge in [0.05, 0.1) is 14.2 Å². The van der Waals surface area contributed by atoms with E-state index in [1.54, 1.807) is 28.3 Å². The second kappa shape index (κ2) is 13.2. The zero-order chi connectivity index (χ0) is 19.5. The fourth-order valence-corrected chi connectivity index (χ4v) is 2.06. The van der Waals surface area contributed by atoms with E-state index in [0.29, 0.717) is 30.5 Å². The van der Waals surface area contributed by atoms with Gasteiger partial charge in [-0.2, -0.15) is 0 Å². The molecule has 0 aliphatic rings. The van der Waals surface area contributed by atoms with Gasteiger partial charge in [-0.15, -0.1) is 24.0 Å². The van der Waals surface area contributed by atoms with Gasteiger partial charge in [-0.1, -0.05) is 18.2 Å². The molecule has 1 aromatic carbocycles. The molecule has 0 atom stereocenters. The summed E-state index contributed by atoms with van der Waals surface area (Å²) < 4.78 is 10.6. The predicted molar refractivity (Wildman–Crippen MR) is 120 cm³/mol.